The Hall–Kier alpha value is -2.54. The molecular weight excluding hydrogens is 472 g/mol. The van der Waals surface area contributed by atoms with Crippen molar-refractivity contribution in [3.8, 4) is 23.0 Å². The lowest BCUT2D eigenvalue weighted by Crippen LogP contribution is -2.43. The van der Waals surface area contributed by atoms with Gasteiger partial charge in [-0.25, -0.2) is 21.6 Å². The van der Waals surface area contributed by atoms with Gasteiger partial charge in [-0.3, -0.25) is 0 Å². The smallest absolute Gasteiger partial charge is 0.243 e. The molecule has 2 aromatic rings. The summed E-state index contributed by atoms with van der Waals surface area (Å²) in [6, 6.07) is 8.09. The van der Waals surface area contributed by atoms with Crippen LogP contribution >= 0.6 is 0 Å². The molecule has 0 aliphatic carbocycles. The van der Waals surface area contributed by atoms with Gasteiger partial charge in [0.05, 0.1) is 38.2 Å². The van der Waals surface area contributed by atoms with Gasteiger partial charge in [-0.2, -0.15) is 4.31 Å². The lowest BCUT2D eigenvalue weighted by atomic mass is 10.2. The molecule has 10 nitrogen and oxygen atoms in total. The fraction of sp³-hybridized carbons (Fsp3) is 0.429. The van der Waals surface area contributed by atoms with Crippen LogP contribution in [0.1, 0.15) is 12.8 Å². The maximum atomic E-state index is 13.3. The van der Waals surface area contributed by atoms with Crippen LogP contribution in [0, 0.1) is 0 Å². The lowest BCUT2D eigenvalue weighted by Gasteiger charge is -2.24. The van der Waals surface area contributed by atoms with Crippen LogP contribution in [0.15, 0.2) is 46.2 Å². The van der Waals surface area contributed by atoms with Crippen LogP contribution in [-0.2, 0) is 20.0 Å². The van der Waals surface area contributed by atoms with Crippen molar-refractivity contribution >= 4 is 20.0 Å². The molecule has 1 atom stereocenters. The molecule has 0 bridgehead atoms. The van der Waals surface area contributed by atoms with E-state index in [2.05, 4.69) is 4.72 Å². The number of hydrogen-bond donors (Lipinski definition) is 1. The molecule has 1 N–H and O–H groups in total. The first-order valence-electron chi connectivity index (χ1n) is 10.1. The van der Waals surface area contributed by atoms with Gasteiger partial charge in [-0.05, 0) is 37.1 Å². The molecule has 3 rings (SSSR count). The van der Waals surface area contributed by atoms with Gasteiger partial charge in [0.15, 0.2) is 23.0 Å². The number of sulfonamides is 2. The topological polar surface area (TPSA) is 120 Å². The van der Waals surface area contributed by atoms with Crippen molar-refractivity contribution in [1.29, 1.82) is 0 Å². The summed E-state index contributed by atoms with van der Waals surface area (Å²) in [5.74, 6) is 1.39. The third-order valence-electron chi connectivity index (χ3n) is 5.46. The summed E-state index contributed by atoms with van der Waals surface area (Å²) < 4.78 is 76.8. The van der Waals surface area contributed by atoms with E-state index in [0.29, 0.717) is 36.6 Å². The van der Waals surface area contributed by atoms with Gasteiger partial charge in [0.1, 0.15) is 0 Å². The van der Waals surface area contributed by atoms with Crippen molar-refractivity contribution < 1.29 is 35.8 Å². The first kappa shape index (κ1) is 25.1. The van der Waals surface area contributed by atoms with Crippen LogP contribution in [-0.4, -0.2) is 68.7 Å². The second-order valence-corrected chi connectivity index (χ2v) is 11.0. The van der Waals surface area contributed by atoms with E-state index in [0.717, 1.165) is 0 Å². The minimum absolute atomic E-state index is 0.00700. The molecule has 1 fully saturated rings. The molecule has 33 heavy (non-hydrogen) atoms. The fourth-order valence-electron chi connectivity index (χ4n) is 3.71. The van der Waals surface area contributed by atoms with Gasteiger partial charge < -0.3 is 18.9 Å². The zero-order valence-electron chi connectivity index (χ0n) is 18.9. The van der Waals surface area contributed by atoms with E-state index in [9.17, 15) is 16.8 Å². The Balaban J connectivity index is 1.79. The summed E-state index contributed by atoms with van der Waals surface area (Å²) in [5.41, 5.74) is 0. The average Bonchev–Trinajstić information content (AvgIpc) is 3.31. The van der Waals surface area contributed by atoms with Crippen LogP contribution in [0.25, 0.3) is 0 Å². The molecule has 0 spiro atoms. The van der Waals surface area contributed by atoms with E-state index in [1.54, 1.807) is 0 Å². The fourth-order valence-corrected chi connectivity index (χ4v) is 6.51. The molecular formula is C21H28N2O8S2. The summed E-state index contributed by atoms with van der Waals surface area (Å²) in [5, 5.41) is 0. The van der Waals surface area contributed by atoms with Crippen LogP contribution in [0.2, 0.25) is 0 Å². The highest BCUT2D eigenvalue weighted by Crippen LogP contribution is 2.33. The maximum absolute atomic E-state index is 13.3. The predicted octanol–water partition coefficient (Wildman–Crippen LogP) is 1.85. The quantitative estimate of drug-likeness (QED) is 0.525. The van der Waals surface area contributed by atoms with Gasteiger partial charge in [-0.1, -0.05) is 0 Å². The average molecular weight is 501 g/mol. The number of benzene rings is 2. The van der Waals surface area contributed by atoms with Crippen molar-refractivity contribution in [3.05, 3.63) is 36.4 Å². The molecule has 1 saturated heterocycles. The molecule has 1 aliphatic heterocycles. The summed E-state index contributed by atoms with van der Waals surface area (Å²) in [6.45, 7) is 0.225. The monoisotopic (exact) mass is 500 g/mol. The summed E-state index contributed by atoms with van der Waals surface area (Å²) in [7, 11) is -2.01. The van der Waals surface area contributed by atoms with E-state index in [-0.39, 0.29) is 22.1 Å². The third kappa shape index (κ3) is 5.18. The number of hydrogen-bond acceptors (Lipinski definition) is 8. The van der Waals surface area contributed by atoms with Crippen LogP contribution in [0.5, 0.6) is 23.0 Å². The Kier molecular flexibility index (Phi) is 7.73. The number of nitrogens with zero attached hydrogens (tertiary/aromatic N) is 1. The van der Waals surface area contributed by atoms with E-state index < -0.39 is 26.1 Å². The Morgan fingerprint density at radius 1 is 0.818 bits per heavy atom. The Bertz CT molecular complexity index is 1200. The standard InChI is InChI=1S/C21H28N2O8S2/c1-28-18-9-7-16(12-20(18)30-3)32(24,25)22-14-15-6-5-11-23(15)33(26,27)17-8-10-19(29-2)21(13-17)31-4/h7-10,12-13,15,22H,5-6,11,14H2,1-4H3/t15-/m0/s1. The largest absolute Gasteiger partial charge is 0.493 e. The third-order valence-corrected chi connectivity index (χ3v) is 8.83. The Morgan fingerprint density at radius 3 is 1.88 bits per heavy atom. The number of methoxy groups -OCH3 is 4. The van der Waals surface area contributed by atoms with E-state index in [4.69, 9.17) is 18.9 Å². The van der Waals surface area contributed by atoms with Crippen molar-refractivity contribution in [2.75, 3.05) is 41.5 Å². The molecule has 12 heteroatoms. The second-order valence-electron chi connectivity index (χ2n) is 7.30. The second kappa shape index (κ2) is 10.2. The van der Waals surface area contributed by atoms with Crippen LogP contribution in [0.3, 0.4) is 0 Å². The van der Waals surface area contributed by atoms with E-state index >= 15 is 0 Å². The molecule has 0 radical (unpaired) electrons. The van der Waals surface area contributed by atoms with Gasteiger partial charge in [-0.15, -0.1) is 0 Å². The molecule has 0 saturated carbocycles. The SMILES string of the molecule is COc1ccc(S(=O)(=O)NC[C@@H]2CCCN2S(=O)(=O)c2ccc(OC)c(OC)c2)cc1OC. The van der Waals surface area contributed by atoms with E-state index in [1.165, 1.54) is 69.1 Å². The molecule has 182 valence electrons. The Morgan fingerprint density at radius 2 is 1.33 bits per heavy atom. The summed E-state index contributed by atoms with van der Waals surface area (Å²) in [6.07, 6.45) is 1.15. The highest BCUT2D eigenvalue weighted by Gasteiger charge is 2.36. The van der Waals surface area contributed by atoms with Gasteiger partial charge in [0.2, 0.25) is 20.0 Å². The minimum Gasteiger partial charge on any atom is -0.493 e. The highest BCUT2D eigenvalue weighted by atomic mass is 32.2. The van der Waals surface area contributed by atoms with Gasteiger partial charge >= 0.3 is 0 Å². The predicted molar refractivity (Wildman–Crippen MR) is 121 cm³/mol. The van der Waals surface area contributed by atoms with Crippen molar-refractivity contribution in [3.63, 3.8) is 0 Å². The Labute approximate surface area is 194 Å². The highest BCUT2D eigenvalue weighted by molar-refractivity contribution is 7.89. The van der Waals surface area contributed by atoms with Gasteiger partial charge in [0.25, 0.3) is 0 Å². The zero-order valence-corrected chi connectivity index (χ0v) is 20.5. The molecule has 0 aromatic heterocycles. The molecule has 1 aliphatic rings. The minimum atomic E-state index is -3.90. The first-order valence-corrected chi connectivity index (χ1v) is 13.1. The normalized spacial score (nSPS) is 17.0. The number of rotatable bonds is 10. The molecule has 1 heterocycles. The van der Waals surface area contributed by atoms with Gasteiger partial charge in [0, 0.05) is 31.3 Å². The number of nitrogens with one attached hydrogen (secondary N) is 1. The van der Waals surface area contributed by atoms with E-state index in [1.807, 2.05) is 0 Å². The van der Waals surface area contributed by atoms with Crippen molar-refractivity contribution in [2.24, 2.45) is 0 Å². The van der Waals surface area contributed by atoms with Crippen LogP contribution in [0.4, 0.5) is 0 Å². The molecule has 0 unspecified atom stereocenters. The van der Waals surface area contributed by atoms with Crippen LogP contribution < -0.4 is 23.7 Å². The van der Waals surface area contributed by atoms with Crippen molar-refractivity contribution in [2.45, 2.75) is 28.7 Å². The number of ether oxygens (including phenoxy) is 4. The zero-order chi connectivity index (χ0) is 24.2. The molecule has 2 aromatic carbocycles. The molecule has 0 amide bonds. The lowest BCUT2D eigenvalue weighted by molar-refractivity contribution is 0.353. The summed E-state index contributed by atoms with van der Waals surface area (Å²) in [4.78, 5) is 0.0437. The van der Waals surface area contributed by atoms with Crippen molar-refractivity contribution in [1.82, 2.24) is 9.03 Å². The summed E-state index contributed by atoms with van der Waals surface area (Å²) >= 11 is 0. The first-order chi connectivity index (χ1) is 15.7. The maximum Gasteiger partial charge on any atom is 0.243 e.